The quantitative estimate of drug-likeness (QED) is 0.277. The number of carbonyl (C=O) groups is 1. The molecule has 3 atom stereocenters. The highest BCUT2D eigenvalue weighted by molar-refractivity contribution is 6.71. The number of ether oxygens (including phenoxy) is 1. The van der Waals surface area contributed by atoms with Crippen LogP contribution in [-0.2, 0) is 18.4 Å². The first-order valence-electron chi connectivity index (χ1n) is 9.26. The summed E-state index contributed by atoms with van der Waals surface area (Å²) in [6.45, 7) is 16.6. The van der Waals surface area contributed by atoms with E-state index in [9.17, 15) is 9.90 Å². The zero-order chi connectivity index (χ0) is 19.3. The van der Waals surface area contributed by atoms with E-state index in [0.29, 0.717) is 18.8 Å². The van der Waals surface area contributed by atoms with Crippen molar-refractivity contribution >= 4 is 32.1 Å². The second kappa shape index (κ2) is 9.61. The lowest BCUT2D eigenvalue weighted by Crippen LogP contribution is -2.44. The van der Waals surface area contributed by atoms with Gasteiger partial charge in [-0.25, -0.2) is 4.79 Å². The van der Waals surface area contributed by atoms with Crippen LogP contribution >= 0.6 is 0 Å². The van der Waals surface area contributed by atoms with E-state index < -0.39 is 44.3 Å². The second-order valence-electron chi connectivity index (χ2n) is 8.89. The van der Waals surface area contributed by atoms with E-state index in [1.54, 1.807) is 0 Å². The van der Waals surface area contributed by atoms with Gasteiger partial charge in [0.15, 0.2) is 16.6 Å². The van der Waals surface area contributed by atoms with Crippen LogP contribution in [0.4, 0.5) is 0 Å². The molecule has 0 heterocycles. The molecule has 1 aliphatic rings. The van der Waals surface area contributed by atoms with Crippen molar-refractivity contribution in [1.29, 1.82) is 0 Å². The molecule has 0 radical (unpaired) electrons. The van der Waals surface area contributed by atoms with Gasteiger partial charge in [0.25, 0.3) is 0 Å². The molecule has 0 spiro atoms. The van der Waals surface area contributed by atoms with E-state index in [1.165, 1.54) is 0 Å². The molecule has 1 fully saturated rings. The first-order valence-corrected chi connectivity index (χ1v) is 17.9. The van der Waals surface area contributed by atoms with Crippen LogP contribution in [0.15, 0.2) is 12.7 Å². The normalized spacial score (nSPS) is 25.5. The monoisotopic (exact) mass is 404 g/mol. The maximum Gasteiger partial charge on any atom is 0.330 e. The SMILES string of the molecule is C=CC(=O)OC1CCC(C[SiH2]C(O[Si](C)(C)C)O[Si](C)(C)C)CC1O. The zero-order valence-electron chi connectivity index (χ0n) is 16.7. The van der Waals surface area contributed by atoms with Gasteiger partial charge in [-0.3, -0.25) is 0 Å². The highest BCUT2D eigenvalue weighted by atomic mass is 28.4. The fraction of sp³-hybridized carbons (Fsp3) is 0.824. The van der Waals surface area contributed by atoms with Crippen LogP contribution in [0.2, 0.25) is 45.3 Å². The van der Waals surface area contributed by atoms with E-state index in [2.05, 4.69) is 45.9 Å². The fourth-order valence-corrected chi connectivity index (χ4v) is 10.1. The molecule has 0 amide bonds. The summed E-state index contributed by atoms with van der Waals surface area (Å²) >= 11 is 0. The van der Waals surface area contributed by atoms with Gasteiger partial charge in [-0.15, -0.1) is 0 Å². The lowest BCUT2D eigenvalue weighted by atomic mass is 9.86. The fourth-order valence-electron chi connectivity index (χ4n) is 3.10. The molecule has 0 saturated heterocycles. The van der Waals surface area contributed by atoms with Gasteiger partial charge in [-0.05, 0) is 64.5 Å². The Balaban J connectivity index is 2.51. The van der Waals surface area contributed by atoms with Crippen LogP contribution in [-0.4, -0.2) is 55.4 Å². The van der Waals surface area contributed by atoms with Crippen LogP contribution < -0.4 is 0 Å². The highest BCUT2D eigenvalue weighted by Gasteiger charge is 2.33. The third kappa shape index (κ3) is 9.86. The largest absolute Gasteiger partial charge is 0.456 e. The van der Waals surface area contributed by atoms with Crippen molar-refractivity contribution in [2.24, 2.45) is 5.92 Å². The van der Waals surface area contributed by atoms with Gasteiger partial charge in [0.2, 0.25) is 0 Å². The molecule has 8 heteroatoms. The van der Waals surface area contributed by atoms with Gasteiger partial charge in [0, 0.05) is 6.08 Å². The molecule has 25 heavy (non-hydrogen) atoms. The number of rotatable bonds is 9. The Labute approximate surface area is 157 Å². The number of esters is 1. The third-order valence-corrected chi connectivity index (χ3v) is 8.64. The summed E-state index contributed by atoms with van der Waals surface area (Å²) in [6.07, 6.45) is 2.56. The smallest absolute Gasteiger partial charge is 0.330 e. The Hall–Kier alpha value is -0.259. The number of hydrogen-bond donors (Lipinski definition) is 1. The van der Waals surface area contributed by atoms with Crippen LogP contribution in [0, 0.1) is 5.92 Å². The summed E-state index contributed by atoms with van der Waals surface area (Å²) in [7, 11) is -3.83. The van der Waals surface area contributed by atoms with Crippen molar-refractivity contribution in [3.63, 3.8) is 0 Å². The van der Waals surface area contributed by atoms with E-state index in [4.69, 9.17) is 13.6 Å². The molecule has 0 aliphatic heterocycles. The molecule has 3 unspecified atom stereocenters. The van der Waals surface area contributed by atoms with Gasteiger partial charge in [0.05, 0.1) is 15.6 Å². The van der Waals surface area contributed by atoms with Crippen LogP contribution in [0.3, 0.4) is 0 Å². The number of aliphatic hydroxyl groups excluding tert-OH is 1. The van der Waals surface area contributed by atoms with Crippen LogP contribution in [0.25, 0.3) is 0 Å². The summed E-state index contributed by atoms with van der Waals surface area (Å²) in [6, 6.07) is 1.10. The Kier molecular flexibility index (Phi) is 8.76. The van der Waals surface area contributed by atoms with Gasteiger partial charge < -0.3 is 18.7 Å². The van der Waals surface area contributed by atoms with Gasteiger partial charge in [-0.2, -0.15) is 0 Å². The van der Waals surface area contributed by atoms with Gasteiger partial charge in [-0.1, -0.05) is 12.6 Å². The molecule has 1 saturated carbocycles. The molecule has 1 N–H and O–H groups in total. The molecule has 0 aromatic rings. The van der Waals surface area contributed by atoms with Crippen molar-refractivity contribution in [1.82, 2.24) is 0 Å². The molecule has 1 aliphatic carbocycles. The van der Waals surface area contributed by atoms with Crippen molar-refractivity contribution in [3.05, 3.63) is 12.7 Å². The molecule has 0 aromatic carbocycles. The molecule has 0 bridgehead atoms. The van der Waals surface area contributed by atoms with Gasteiger partial charge >= 0.3 is 5.97 Å². The van der Waals surface area contributed by atoms with E-state index in [0.717, 1.165) is 18.5 Å². The molecule has 146 valence electrons. The maximum atomic E-state index is 11.3. The van der Waals surface area contributed by atoms with Crippen molar-refractivity contribution < 1.29 is 23.5 Å². The van der Waals surface area contributed by atoms with E-state index in [1.807, 2.05) is 0 Å². The molecular weight excluding hydrogens is 368 g/mol. The zero-order valence-corrected chi connectivity index (χ0v) is 20.1. The average molecular weight is 405 g/mol. The predicted octanol–water partition coefficient (Wildman–Crippen LogP) is 2.82. The van der Waals surface area contributed by atoms with Crippen molar-refractivity contribution in [3.8, 4) is 0 Å². The topological polar surface area (TPSA) is 65.0 Å². The second-order valence-corrected chi connectivity index (χ2v) is 19.6. The number of carbonyl (C=O) groups excluding carboxylic acids is 1. The van der Waals surface area contributed by atoms with Gasteiger partial charge in [0.1, 0.15) is 12.0 Å². The molecule has 0 aromatic heterocycles. The summed E-state index contributed by atoms with van der Waals surface area (Å²) < 4.78 is 17.8. The summed E-state index contributed by atoms with van der Waals surface area (Å²) in [5.41, 5.74) is 0. The lowest BCUT2D eigenvalue weighted by molar-refractivity contribution is -0.152. The van der Waals surface area contributed by atoms with Crippen molar-refractivity contribution in [2.45, 2.75) is 82.7 Å². The lowest BCUT2D eigenvalue weighted by Gasteiger charge is -2.35. The minimum atomic E-state index is -1.64. The average Bonchev–Trinajstić information content (AvgIpc) is 2.44. The Bertz CT molecular complexity index is 429. The minimum Gasteiger partial charge on any atom is -0.456 e. The summed E-state index contributed by atoms with van der Waals surface area (Å²) in [5, 5.41) is 10.3. The Morgan fingerprint density at radius 3 is 2.20 bits per heavy atom. The number of aliphatic hydroxyl groups is 1. The maximum absolute atomic E-state index is 11.3. The van der Waals surface area contributed by atoms with E-state index in [-0.39, 0.29) is 5.91 Å². The number of hydrogen-bond acceptors (Lipinski definition) is 5. The highest BCUT2D eigenvalue weighted by Crippen LogP contribution is 2.30. The summed E-state index contributed by atoms with van der Waals surface area (Å²) in [5.74, 6) is 0.00845. The van der Waals surface area contributed by atoms with E-state index >= 15 is 0 Å². The van der Waals surface area contributed by atoms with Crippen molar-refractivity contribution in [2.75, 3.05) is 0 Å². The minimum absolute atomic E-state index is 0.00760. The Morgan fingerprint density at radius 2 is 1.76 bits per heavy atom. The van der Waals surface area contributed by atoms with Crippen LogP contribution in [0.5, 0.6) is 0 Å². The van der Waals surface area contributed by atoms with Crippen LogP contribution in [0.1, 0.15) is 19.3 Å². The summed E-state index contributed by atoms with van der Waals surface area (Å²) in [4.78, 5) is 11.3. The predicted molar refractivity (Wildman–Crippen MR) is 109 cm³/mol. The standard InChI is InChI=1S/C17H36O5Si3/c1-8-16(19)20-15-10-9-13(11-14(15)18)12-23-17(21-24(2,3)4)22-25(5,6)7/h8,13-15,17-18H,1,9-12,23H2,2-7H3. The Morgan fingerprint density at radius 1 is 1.20 bits per heavy atom. The molecular formula is C17H36O5Si3. The first kappa shape index (κ1) is 22.8. The first-order chi connectivity index (χ1) is 11.4. The molecule has 1 rings (SSSR count). The molecule has 5 nitrogen and oxygen atoms in total. The third-order valence-electron chi connectivity index (χ3n) is 4.08.